The molecular formula is C13H8Cl2F3N4O+. The van der Waals surface area contributed by atoms with Crippen molar-refractivity contribution in [1.82, 2.24) is 9.97 Å². The molecule has 0 fully saturated rings. The molecule has 23 heavy (non-hydrogen) atoms. The van der Waals surface area contributed by atoms with E-state index in [1.54, 1.807) is 6.07 Å². The first-order valence-electron chi connectivity index (χ1n) is 5.92. The maximum Gasteiger partial charge on any atom is 0.522 e. The monoisotopic (exact) mass is 363 g/mol. The van der Waals surface area contributed by atoms with Crippen molar-refractivity contribution in [2.24, 2.45) is 4.99 Å². The largest absolute Gasteiger partial charge is 0.575 e. The molecule has 0 unspecified atom stereocenters. The summed E-state index contributed by atoms with van der Waals surface area (Å²) in [5.41, 5.74) is 0.712. The number of hydrogen-bond donors (Lipinski definition) is 1. The zero-order chi connectivity index (χ0) is 17.2. The lowest BCUT2D eigenvalue weighted by Crippen LogP contribution is -2.23. The maximum absolute atomic E-state index is 12.3. The third-order valence-electron chi connectivity index (χ3n) is 2.62. The van der Waals surface area contributed by atoms with E-state index in [2.05, 4.69) is 15.0 Å². The molecule has 0 amide bonds. The summed E-state index contributed by atoms with van der Waals surface area (Å²) in [6.45, 7) is 0. The first-order chi connectivity index (χ1) is 10.7. The van der Waals surface area contributed by atoms with Gasteiger partial charge in [-0.3, -0.25) is 5.41 Å². The molecule has 0 spiro atoms. The lowest BCUT2D eigenvalue weighted by atomic mass is 10.1. The van der Waals surface area contributed by atoms with Gasteiger partial charge in [0.15, 0.2) is 5.84 Å². The molecule has 3 N–H and O–H groups in total. The topological polar surface area (TPSA) is 84.9 Å². The molecule has 0 aliphatic carbocycles. The van der Waals surface area contributed by atoms with Gasteiger partial charge in [0.1, 0.15) is 12.0 Å². The number of halogens is 5. The third kappa shape index (κ3) is 4.17. The Kier molecular flexibility index (Phi) is 4.86. The van der Waals surface area contributed by atoms with E-state index in [1.807, 2.05) is 0 Å². The minimum absolute atomic E-state index is 0.157. The number of nitrogens with zero attached hydrogens (tertiary/aromatic N) is 3. The first kappa shape index (κ1) is 17.2. The van der Waals surface area contributed by atoms with Gasteiger partial charge in [-0.25, -0.2) is 9.97 Å². The molecule has 0 bridgehead atoms. The van der Waals surface area contributed by atoms with Crippen LogP contribution in [-0.4, -0.2) is 33.0 Å². The lowest BCUT2D eigenvalue weighted by Gasteiger charge is -2.05. The van der Waals surface area contributed by atoms with Gasteiger partial charge in [0, 0.05) is 5.56 Å². The molecule has 5 nitrogen and oxygen atoms in total. The van der Waals surface area contributed by atoms with E-state index < -0.39 is 17.9 Å². The summed E-state index contributed by atoms with van der Waals surface area (Å²) in [6.07, 6.45) is -3.85. The zero-order valence-corrected chi connectivity index (χ0v) is 12.6. The molecule has 0 aliphatic rings. The molecule has 1 aromatic heterocycles. The van der Waals surface area contributed by atoms with Crippen molar-refractivity contribution >= 4 is 34.9 Å². The van der Waals surface area contributed by atoms with Crippen molar-refractivity contribution in [3.63, 3.8) is 0 Å². The van der Waals surface area contributed by atoms with Crippen molar-refractivity contribution < 1.29 is 18.3 Å². The predicted molar refractivity (Wildman–Crippen MR) is 81.4 cm³/mol. The fourth-order valence-electron chi connectivity index (χ4n) is 1.53. The Bertz CT molecular complexity index is 793. The van der Waals surface area contributed by atoms with Crippen LogP contribution in [-0.2, 0) is 0 Å². The van der Waals surface area contributed by atoms with Crippen LogP contribution in [0.5, 0.6) is 0 Å². The van der Waals surface area contributed by atoms with Gasteiger partial charge in [-0.1, -0.05) is 29.3 Å². The highest BCUT2D eigenvalue weighted by molar-refractivity contribution is 6.42. The van der Waals surface area contributed by atoms with Gasteiger partial charge in [-0.15, -0.1) is 4.99 Å². The van der Waals surface area contributed by atoms with Crippen LogP contribution in [0.15, 0.2) is 35.6 Å². The number of aromatic nitrogens is 2. The van der Waals surface area contributed by atoms with Crippen LogP contribution in [0.2, 0.25) is 10.0 Å². The second kappa shape index (κ2) is 6.51. The molecule has 120 valence electrons. The summed E-state index contributed by atoms with van der Waals surface area (Å²) in [7, 11) is 0. The van der Waals surface area contributed by atoms with Gasteiger partial charge in [-0.2, -0.15) is 13.2 Å². The summed E-state index contributed by atoms with van der Waals surface area (Å²) in [4.78, 5) is 10.5. The number of hydrogen-bond acceptors (Lipinski definition) is 3. The van der Waals surface area contributed by atoms with Gasteiger partial charge in [0.25, 0.3) is 0 Å². The highest BCUT2D eigenvalue weighted by Crippen LogP contribution is 2.27. The summed E-state index contributed by atoms with van der Waals surface area (Å²) in [5, 5.41) is 14.9. The predicted octanol–water partition coefficient (Wildman–Crippen LogP) is 3.46. The standard InChI is InChI=1S/C13H7Cl2F3N4O/c14-7-2-1-6(3-8(7)15)9-4-10(21-5-20-9)11(19)22-12(23)13(16,17)18/h1-5H,(H2,19,22,23)/p+1. The van der Waals surface area contributed by atoms with Crippen LogP contribution < -0.4 is 0 Å². The van der Waals surface area contributed by atoms with Crippen LogP contribution in [0, 0.1) is 5.41 Å². The van der Waals surface area contributed by atoms with Crippen molar-refractivity contribution in [2.45, 2.75) is 6.18 Å². The van der Waals surface area contributed by atoms with Gasteiger partial charge in [0.05, 0.1) is 15.7 Å². The van der Waals surface area contributed by atoms with Crippen LogP contribution in [0.3, 0.4) is 0 Å². The Hall–Kier alpha value is -2.19. The Labute approximate surface area is 138 Å². The quantitative estimate of drug-likeness (QED) is 0.503. The summed E-state index contributed by atoms with van der Waals surface area (Å²) < 4.78 is 36.8. The van der Waals surface area contributed by atoms with E-state index in [1.165, 1.54) is 18.2 Å². The van der Waals surface area contributed by atoms with Crippen molar-refractivity contribution in [3.05, 3.63) is 46.3 Å². The molecule has 1 heterocycles. The smallest absolute Gasteiger partial charge is 0.522 e. The first-order valence-corrected chi connectivity index (χ1v) is 6.68. The molecule has 0 saturated carbocycles. The average molecular weight is 364 g/mol. The fourth-order valence-corrected chi connectivity index (χ4v) is 1.83. The number of nitrogens with one attached hydrogen (secondary N) is 1. The Morgan fingerprint density at radius 3 is 2.43 bits per heavy atom. The van der Waals surface area contributed by atoms with Gasteiger partial charge in [-0.05, 0) is 18.2 Å². The highest BCUT2D eigenvalue weighted by Gasteiger charge is 2.42. The molecule has 10 heteroatoms. The number of aliphatic imine (C=N–C) groups is 1. The normalized spacial score (nSPS) is 12.3. The summed E-state index contributed by atoms with van der Waals surface area (Å²) in [5.74, 6) is -2.67. The molecule has 2 rings (SSSR count). The molecule has 0 atom stereocenters. The van der Waals surface area contributed by atoms with Crippen molar-refractivity contribution in [3.8, 4) is 11.3 Å². The van der Waals surface area contributed by atoms with Crippen LogP contribution in [0.4, 0.5) is 13.2 Å². The molecule has 0 saturated heterocycles. The van der Waals surface area contributed by atoms with E-state index in [0.717, 1.165) is 6.33 Å². The Morgan fingerprint density at radius 2 is 1.83 bits per heavy atom. The van der Waals surface area contributed by atoms with Crippen LogP contribution in [0.1, 0.15) is 5.69 Å². The van der Waals surface area contributed by atoms with Crippen LogP contribution >= 0.6 is 23.2 Å². The number of amidine groups is 1. The van der Waals surface area contributed by atoms with E-state index in [-0.39, 0.29) is 10.7 Å². The van der Waals surface area contributed by atoms with Crippen molar-refractivity contribution in [2.75, 3.05) is 0 Å². The van der Waals surface area contributed by atoms with E-state index in [0.29, 0.717) is 16.3 Å². The number of benzene rings is 1. The maximum atomic E-state index is 12.3. The van der Waals surface area contributed by atoms with E-state index >= 15 is 0 Å². The lowest BCUT2D eigenvalue weighted by molar-refractivity contribution is -0.0726. The Morgan fingerprint density at radius 1 is 1.13 bits per heavy atom. The highest BCUT2D eigenvalue weighted by atomic mass is 35.5. The molecule has 0 aliphatic heterocycles. The van der Waals surface area contributed by atoms with E-state index in [4.69, 9.17) is 33.7 Å². The summed E-state index contributed by atoms with van der Waals surface area (Å²) in [6, 6.07) is 5.94. The molecular weight excluding hydrogens is 356 g/mol. The Balaban J connectivity index is 2.37. The second-order valence-corrected chi connectivity index (χ2v) is 5.04. The second-order valence-electron chi connectivity index (χ2n) is 4.22. The molecule has 0 radical (unpaired) electrons. The van der Waals surface area contributed by atoms with Gasteiger partial charge in [0.2, 0.25) is 0 Å². The third-order valence-corrected chi connectivity index (χ3v) is 3.36. The van der Waals surface area contributed by atoms with E-state index in [9.17, 15) is 13.2 Å². The number of alkyl halides is 3. The van der Waals surface area contributed by atoms with Gasteiger partial charge >= 0.3 is 12.1 Å². The van der Waals surface area contributed by atoms with Crippen LogP contribution in [0.25, 0.3) is 11.3 Å². The number of rotatable bonds is 2. The average Bonchev–Trinajstić information content (AvgIpc) is 2.49. The SMILES string of the molecule is N=C(N=C([OH2+])C(F)(F)F)c1cc(-c2ccc(Cl)c(Cl)c2)ncn1. The minimum atomic E-state index is -4.92. The molecule has 1 aromatic carbocycles. The van der Waals surface area contributed by atoms with Crippen molar-refractivity contribution in [1.29, 1.82) is 5.41 Å². The summed E-state index contributed by atoms with van der Waals surface area (Å²) >= 11 is 11.7. The van der Waals surface area contributed by atoms with Gasteiger partial charge < -0.3 is 5.11 Å². The fraction of sp³-hybridized carbons (Fsp3) is 0.0769. The minimum Gasteiger partial charge on any atom is -0.575 e. The molecule has 2 aromatic rings. The zero-order valence-electron chi connectivity index (χ0n) is 11.1.